The lowest BCUT2D eigenvalue weighted by Crippen LogP contribution is -2.54. The van der Waals surface area contributed by atoms with E-state index in [4.69, 9.17) is 9.47 Å². The molecule has 3 rings (SSSR count). The molecule has 2 fully saturated rings. The minimum Gasteiger partial charge on any atom is -0.490 e. The third-order valence-electron chi connectivity index (χ3n) is 5.17. The summed E-state index contributed by atoms with van der Waals surface area (Å²) in [5.41, 5.74) is -0.943. The number of rotatable bonds is 7. The Kier molecular flexibility index (Phi) is 6.56. The van der Waals surface area contributed by atoms with Crippen molar-refractivity contribution in [1.82, 2.24) is 10.6 Å². The summed E-state index contributed by atoms with van der Waals surface area (Å²) in [6, 6.07) is 4.11. The van der Waals surface area contributed by atoms with Gasteiger partial charge in [-0.25, -0.2) is 9.18 Å². The predicted octanol–water partition coefficient (Wildman–Crippen LogP) is 0.141. The highest BCUT2D eigenvalue weighted by Gasteiger charge is 2.37. The van der Waals surface area contributed by atoms with Crippen LogP contribution in [0.5, 0.6) is 5.75 Å². The van der Waals surface area contributed by atoms with E-state index in [0.29, 0.717) is 25.2 Å². The molecule has 2 aliphatic rings. The first-order valence-corrected chi connectivity index (χ1v) is 9.54. The lowest BCUT2D eigenvalue weighted by atomic mass is 9.87. The largest absolute Gasteiger partial charge is 0.490 e. The van der Waals surface area contributed by atoms with Gasteiger partial charge in [-0.15, -0.1) is 0 Å². The molecule has 2 amide bonds. The summed E-state index contributed by atoms with van der Waals surface area (Å²) in [5.74, 6) is -0.893. The molecule has 0 spiro atoms. The smallest absolute Gasteiger partial charge is 0.414 e. The van der Waals surface area contributed by atoms with Gasteiger partial charge in [0, 0.05) is 26.0 Å². The second-order valence-corrected chi connectivity index (χ2v) is 7.34. The average molecular weight is 411 g/mol. The lowest BCUT2D eigenvalue weighted by Gasteiger charge is -2.37. The number of nitrogens with one attached hydrogen (secondary N) is 2. The maximum absolute atomic E-state index is 14.4. The molecule has 2 aliphatic heterocycles. The van der Waals surface area contributed by atoms with Crippen molar-refractivity contribution in [2.45, 2.75) is 37.6 Å². The molecule has 160 valence electrons. The van der Waals surface area contributed by atoms with Crippen LogP contribution in [-0.2, 0) is 9.53 Å². The van der Waals surface area contributed by atoms with Crippen LogP contribution < -0.4 is 20.3 Å². The standard InChI is InChI=1S/C19H26FN3O6/c1-12(24)22-9-14-11-23(18(26)29-14)13-2-3-16(15(20)8-13)28-7-5-19(27)4-6-21-10-17(19)25/h2-3,8,14,17,21,25,27H,4-7,9-11H2,1H3,(H,22,24)/t14-,17-,19-/m0/s1. The van der Waals surface area contributed by atoms with E-state index in [-0.39, 0.29) is 37.8 Å². The molecule has 2 saturated heterocycles. The van der Waals surface area contributed by atoms with E-state index in [1.165, 1.54) is 30.0 Å². The van der Waals surface area contributed by atoms with Gasteiger partial charge in [-0.1, -0.05) is 0 Å². The number of carbonyl (C=O) groups excluding carboxylic acids is 2. The summed E-state index contributed by atoms with van der Waals surface area (Å²) >= 11 is 0. The Bertz CT molecular complexity index is 763. The van der Waals surface area contributed by atoms with Crippen LogP contribution in [0.1, 0.15) is 19.8 Å². The molecule has 10 heteroatoms. The van der Waals surface area contributed by atoms with Gasteiger partial charge in [-0.2, -0.15) is 0 Å². The molecule has 0 saturated carbocycles. The Hall–Kier alpha value is -2.43. The summed E-state index contributed by atoms with van der Waals surface area (Å²) in [7, 11) is 0. The number of anilines is 1. The number of halogens is 1. The molecular formula is C19H26FN3O6. The highest BCUT2D eigenvalue weighted by molar-refractivity contribution is 5.89. The Labute approximate surface area is 167 Å². The first-order chi connectivity index (χ1) is 13.8. The van der Waals surface area contributed by atoms with Crippen molar-refractivity contribution >= 4 is 17.7 Å². The highest BCUT2D eigenvalue weighted by atomic mass is 19.1. The van der Waals surface area contributed by atoms with Crippen LogP contribution in [0, 0.1) is 5.82 Å². The van der Waals surface area contributed by atoms with Gasteiger partial charge in [0.05, 0.1) is 37.1 Å². The van der Waals surface area contributed by atoms with Gasteiger partial charge < -0.3 is 30.3 Å². The fourth-order valence-electron chi connectivity index (χ4n) is 3.40. The number of hydrogen-bond acceptors (Lipinski definition) is 7. The zero-order valence-corrected chi connectivity index (χ0v) is 16.2. The number of cyclic esters (lactones) is 1. The van der Waals surface area contributed by atoms with Gasteiger partial charge in [-0.3, -0.25) is 9.69 Å². The average Bonchev–Trinajstić information content (AvgIpc) is 3.05. The van der Waals surface area contributed by atoms with E-state index in [2.05, 4.69) is 10.6 Å². The van der Waals surface area contributed by atoms with E-state index in [1.54, 1.807) is 0 Å². The Balaban J connectivity index is 1.56. The van der Waals surface area contributed by atoms with Gasteiger partial charge >= 0.3 is 6.09 Å². The number of hydrogen-bond donors (Lipinski definition) is 4. The van der Waals surface area contributed by atoms with Gasteiger partial charge in [0.15, 0.2) is 11.6 Å². The van der Waals surface area contributed by atoms with E-state index < -0.39 is 29.7 Å². The monoisotopic (exact) mass is 411 g/mol. The fraction of sp³-hybridized carbons (Fsp3) is 0.579. The minimum absolute atomic E-state index is 0.0110. The van der Waals surface area contributed by atoms with E-state index in [0.717, 1.165) is 0 Å². The number of β-amino-alcohol motifs (C(OH)–C–C–N with tert-alkyl or cyclic N) is 1. The number of amides is 2. The van der Waals surface area contributed by atoms with Crippen molar-refractivity contribution in [2.24, 2.45) is 0 Å². The number of aliphatic hydroxyl groups is 2. The van der Waals surface area contributed by atoms with Crippen LogP contribution in [-0.4, -0.2) is 72.8 Å². The Morgan fingerprint density at radius 3 is 3.00 bits per heavy atom. The molecule has 0 bridgehead atoms. The molecule has 0 radical (unpaired) electrons. The quantitative estimate of drug-likeness (QED) is 0.504. The fourth-order valence-corrected chi connectivity index (χ4v) is 3.40. The molecule has 29 heavy (non-hydrogen) atoms. The lowest BCUT2D eigenvalue weighted by molar-refractivity contribution is -0.119. The number of carbonyl (C=O) groups is 2. The van der Waals surface area contributed by atoms with Crippen molar-refractivity contribution in [3.63, 3.8) is 0 Å². The number of nitrogens with zero attached hydrogens (tertiary/aromatic N) is 1. The van der Waals surface area contributed by atoms with Crippen LogP contribution in [0.3, 0.4) is 0 Å². The molecule has 2 heterocycles. The van der Waals surface area contributed by atoms with Crippen LogP contribution in [0.4, 0.5) is 14.9 Å². The predicted molar refractivity (Wildman–Crippen MR) is 101 cm³/mol. The molecule has 0 aliphatic carbocycles. The normalized spacial score (nSPS) is 26.9. The van der Waals surface area contributed by atoms with Crippen LogP contribution in [0.25, 0.3) is 0 Å². The minimum atomic E-state index is -1.26. The second-order valence-electron chi connectivity index (χ2n) is 7.34. The van der Waals surface area contributed by atoms with Crippen molar-refractivity contribution in [2.75, 3.05) is 37.7 Å². The summed E-state index contributed by atoms with van der Waals surface area (Å²) in [5, 5.41) is 26.0. The Morgan fingerprint density at radius 1 is 1.52 bits per heavy atom. The van der Waals surface area contributed by atoms with E-state index in [1.807, 2.05) is 0 Å². The van der Waals surface area contributed by atoms with Crippen molar-refractivity contribution < 1.29 is 33.7 Å². The maximum atomic E-state index is 14.4. The first kappa shape index (κ1) is 21.3. The SMILES string of the molecule is CC(=O)NC[C@H]1CN(c2ccc(OCC[C@@]3(O)CCNC[C@@H]3O)c(F)c2)C(=O)O1. The van der Waals surface area contributed by atoms with Crippen molar-refractivity contribution in [3.8, 4) is 5.75 Å². The topological polar surface area (TPSA) is 120 Å². The summed E-state index contributed by atoms with van der Waals surface area (Å²) in [6.07, 6.45) is -1.48. The number of piperidine rings is 1. The van der Waals surface area contributed by atoms with Gasteiger partial charge in [0.25, 0.3) is 0 Å². The molecule has 3 atom stereocenters. The molecule has 9 nitrogen and oxygen atoms in total. The highest BCUT2D eigenvalue weighted by Crippen LogP contribution is 2.28. The molecule has 4 N–H and O–H groups in total. The van der Waals surface area contributed by atoms with E-state index in [9.17, 15) is 24.2 Å². The molecule has 0 aromatic heterocycles. The second kappa shape index (κ2) is 8.93. The third-order valence-corrected chi connectivity index (χ3v) is 5.17. The molecule has 1 aromatic carbocycles. The molecule has 1 aromatic rings. The van der Waals surface area contributed by atoms with Crippen molar-refractivity contribution in [1.29, 1.82) is 0 Å². The summed E-state index contributed by atoms with van der Waals surface area (Å²) in [4.78, 5) is 24.3. The summed E-state index contributed by atoms with van der Waals surface area (Å²) in [6.45, 7) is 2.67. The van der Waals surface area contributed by atoms with Crippen LogP contribution >= 0.6 is 0 Å². The van der Waals surface area contributed by atoms with Crippen molar-refractivity contribution in [3.05, 3.63) is 24.0 Å². The van der Waals surface area contributed by atoms with Crippen LogP contribution in [0.15, 0.2) is 18.2 Å². The number of benzene rings is 1. The van der Waals surface area contributed by atoms with Crippen LogP contribution in [0.2, 0.25) is 0 Å². The molecular weight excluding hydrogens is 385 g/mol. The van der Waals surface area contributed by atoms with E-state index >= 15 is 0 Å². The maximum Gasteiger partial charge on any atom is 0.414 e. The zero-order chi connectivity index (χ0) is 21.0. The first-order valence-electron chi connectivity index (χ1n) is 9.54. The number of ether oxygens (including phenoxy) is 2. The number of aliphatic hydroxyl groups excluding tert-OH is 1. The van der Waals surface area contributed by atoms with Gasteiger partial charge in [0.1, 0.15) is 6.10 Å². The van der Waals surface area contributed by atoms with Gasteiger partial charge in [0.2, 0.25) is 5.91 Å². The zero-order valence-electron chi connectivity index (χ0n) is 16.2. The Morgan fingerprint density at radius 2 is 2.31 bits per heavy atom. The summed E-state index contributed by atoms with van der Waals surface area (Å²) < 4.78 is 25.0. The van der Waals surface area contributed by atoms with Gasteiger partial charge in [-0.05, 0) is 25.1 Å². The molecule has 0 unspecified atom stereocenters. The third kappa shape index (κ3) is 5.14.